The van der Waals surface area contributed by atoms with Gasteiger partial charge >= 0.3 is 0 Å². The van der Waals surface area contributed by atoms with Gasteiger partial charge in [0.2, 0.25) is 5.91 Å². The zero-order valence-electron chi connectivity index (χ0n) is 16.0. The molecule has 1 unspecified atom stereocenters. The van der Waals surface area contributed by atoms with Gasteiger partial charge in [-0.15, -0.1) is 0 Å². The molecule has 0 aromatic rings. The van der Waals surface area contributed by atoms with Gasteiger partial charge in [0.1, 0.15) is 0 Å². The lowest BCUT2D eigenvalue weighted by atomic mass is 9.95. The van der Waals surface area contributed by atoms with E-state index in [1.807, 2.05) is 0 Å². The van der Waals surface area contributed by atoms with Gasteiger partial charge in [-0.2, -0.15) is 0 Å². The van der Waals surface area contributed by atoms with Crippen LogP contribution in [0.5, 0.6) is 0 Å². The summed E-state index contributed by atoms with van der Waals surface area (Å²) in [7, 11) is 0. The van der Waals surface area contributed by atoms with Crippen molar-refractivity contribution in [2.24, 2.45) is 11.7 Å². The number of aliphatic hydroxyl groups excluding tert-OH is 1. The Labute approximate surface area is 150 Å². The molecule has 0 aliphatic carbocycles. The van der Waals surface area contributed by atoms with E-state index in [4.69, 9.17) is 10.8 Å². The Morgan fingerprint density at radius 2 is 1.33 bits per heavy atom. The van der Waals surface area contributed by atoms with Crippen molar-refractivity contribution in [3.8, 4) is 0 Å². The van der Waals surface area contributed by atoms with Gasteiger partial charge in [-0.05, 0) is 44.9 Å². The SMILES string of the molecule is CCCCCCCCC=CCCCCCCC(CCCO)C(N)=O. The fourth-order valence-electron chi connectivity index (χ4n) is 3.05. The summed E-state index contributed by atoms with van der Waals surface area (Å²) < 4.78 is 0. The maximum absolute atomic E-state index is 11.3. The highest BCUT2D eigenvalue weighted by molar-refractivity contribution is 5.76. The normalized spacial score (nSPS) is 12.8. The molecule has 0 saturated heterocycles. The van der Waals surface area contributed by atoms with E-state index < -0.39 is 0 Å². The molecule has 0 rings (SSSR count). The first-order valence-corrected chi connectivity index (χ1v) is 10.3. The molecule has 3 nitrogen and oxygen atoms in total. The van der Waals surface area contributed by atoms with Gasteiger partial charge in [0, 0.05) is 12.5 Å². The molecule has 0 saturated carbocycles. The van der Waals surface area contributed by atoms with Gasteiger partial charge in [0.25, 0.3) is 0 Å². The van der Waals surface area contributed by atoms with Crippen molar-refractivity contribution in [2.75, 3.05) is 6.61 Å². The third-order valence-corrected chi connectivity index (χ3v) is 4.68. The minimum absolute atomic E-state index is 0.0469. The van der Waals surface area contributed by atoms with Gasteiger partial charge in [0.05, 0.1) is 0 Å². The third-order valence-electron chi connectivity index (χ3n) is 4.68. The molecule has 0 aromatic heterocycles. The maximum atomic E-state index is 11.3. The Balaban J connectivity index is 3.37. The lowest BCUT2D eigenvalue weighted by Gasteiger charge is -2.12. The Bertz CT molecular complexity index is 302. The molecule has 1 atom stereocenters. The second-order valence-corrected chi connectivity index (χ2v) is 6.98. The number of amides is 1. The van der Waals surface area contributed by atoms with Crippen LogP contribution in [0.1, 0.15) is 103 Å². The Morgan fingerprint density at radius 1 is 0.833 bits per heavy atom. The number of allylic oxidation sites excluding steroid dienone is 2. The van der Waals surface area contributed by atoms with Crippen LogP contribution < -0.4 is 5.73 Å². The fraction of sp³-hybridized carbons (Fsp3) is 0.857. The number of rotatable bonds is 18. The number of carbonyl (C=O) groups excluding carboxylic acids is 1. The van der Waals surface area contributed by atoms with Gasteiger partial charge in [-0.1, -0.05) is 70.4 Å². The zero-order chi connectivity index (χ0) is 17.9. The smallest absolute Gasteiger partial charge is 0.220 e. The third kappa shape index (κ3) is 16.0. The second-order valence-electron chi connectivity index (χ2n) is 6.98. The summed E-state index contributed by atoms with van der Waals surface area (Å²) in [5.74, 6) is -0.254. The molecule has 0 aromatic carbocycles. The van der Waals surface area contributed by atoms with Crippen molar-refractivity contribution in [1.82, 2.24) is 0 Å². The summed E-state index contributed by atoms with van der Waals surface area (Å²) in [6, 6.07) is 0. The number of carbonyl (C=O) groups is 1. The molecule has 0 spiro atoms. The number of hydrogen-bond acceptors (Lipinski definition) is 2. The lowest BCUT2D eigenvalue weighted by Crippen LogP contribution is -2.23. The molecule has 0 radical (unpaired) electrons. The van der Waals surface area contributed by atoms with Crippen molar-refractivity contribution in [1.29, 1.82) is 0 Å². The molecular weight excluding hydrogens is 298 g/mol. The van der Waals surface area contributed by atoms with E-state index in [0.29, 0.717) is 6.42 Å². The van der Waals surface area contributed by atoms with E-state index in [2.05, 4.69) is 19.1 Å². The molecular formula is C21H41NO2. The van der Waals surface area contributed by atoms with Gasteiger partial charge in [-0.25, -0.2) is 0 Å². The van der Waals surface area contributed by atoms with E-state index >= 15 is 0 Å². The summed E-state index contributed by atoms with van der Waals surface area (Å²) in [6.45, 7) is 2.41. The van der Waals surface area contributed by atoms with Gasteiger partial charge in [-0.3, -0.25) is 4.79 Å². The first-order valence-electron chi connectivity index (χ1n) is 10.3. The Kier molecular flexibility index (Phi) is 17.9. The number of unbranched alkanes of at least 4 members (excludes halogenated alkanes) is 10. The predicted molar refractivity (Wildman–Crippen MR) is 104 cm³/mol. The summed E-state index contributed by atoms with van der Waals surface area (Å²) in [4.78, 5) is 11.3. The van der Waals surface area contributed by atoms with Crippen LogP contribution >= 0.6 is 0 Å². The number of aliphatic hydroxyl groups is 1. The average molecular weight is 340 g/mol. The van der Waals surface area contributed by atoms with Crippen LogP contribution in [0, 0.1) is 5.92 Å². The summed E-state index contributed by atoms with van der Waals surface area (Å²) in [6.07, 6.45) is 22.3. The van der Waals surface area contributed by atoms with E-state index in [0.717, 1.165) is 19.3 Å². The van der Waals surface area contributed by atoms with Crippen LogP contribution in [0.25, 0.3) is 0 Å². The van der Waals surface area contributed by atoms with E-state index in [1.165, 1.54) is 70.6 Å². The topological polar surface area (TPSA) is 63.3 Å². The number of nitrogens with two attached hydrogens (primary N) is 1. The molecule has 0 fully saturated rings. The molecule has 0 bridgehead atoms. The predicted octanol–water partition coefficient (Wildman–Crippen LogP) is 5.51. The highest BCUT2D eigenvalue weighted by Gasteiger charge is 2.13. The fourth-order valence-corrected chi connectivity index (χ4v) is 3.05. The van der Waals surface area contributed by atoms with Gasteiger partial charge in [0.15, 0.2) is 0 Å². The van der Waals surface area contributed by atoms with Crippen molar-refractivity contribution in [3.05, 3.63) is 12.2 Å². The van der Waals surface area contributed by atoms with Crippen LogP contribution in [0.2, 0.25) is 0 Å². The first-order chi connectivity index (χ1) is 11.7. The van der Waals surface area contributed by atoms with Crippen molar-refractivity contribution in [2.45, 2.75) is 103 Å². The van der Waals surface area contributed by atoms with Crippen LogP contribution in [-0.4, -0.2) is 17.6 Å². The first kappa shape index (κ1) is 23.2. The second kappa shape index (κ2) is 18.5. The van der Waals surface area contributed by atoms with E-state index in [1.54, 1.807) is 0 Å². The molecule has 0 heterocycles. The van der Waals surface area contributed by atoms with Crippen molar-refractivity contribution >= 4 is 5.91 Å². The molecule has 0 aliphatic heterocycles. The maximum Gasteiger partial charge on any atom is 0.220 e. The van der Waals surface area contributed by atoms with Crippen LogP contribution in [0.3, 0.4) is 0 Å². The summed E-state index contributed by atoms with van der Waals surface area (Å²) in [5, 5.41) is 8.83. The largest absolute Gasteiger partial charge is 0.396 e. The Morgan fingerprint density at radius 3 is 1.88 bits per heavy atom. The summed E-state index contributed by atoms with van der Waals surface area (Å²) >= 11 is 0. The lowest BCUT2D eigenvalue weighted by molar-refractivity contribution is -0.122. The van der Waals surface area contributed by atoms with Crippen LogP contribution in [0.4, 0.5) is 0 Å². The molecule has 0 aliphatic rings. The van der Waals surface area contributed by atoms with Crippen LogP contribution in [-0.2, 0) is 4.79 Å². The average Bonchev–Trinajstić information content (AvgIpc) is 2.57. The molecule has 142 valence electrons. The number of primary amides is 1. The quantitative estimate of drug-likeness (QED) is 0.255. The molecule has 24 heavy (non-hydrogen) atoms. The van der Waals surface area contributed by atoms with Crippen LogP contribution in [0.15, 0.2) is 12.2 Å². The highest BCUT2D eigenvalue weighted by Crippen LogP contribution is 2.16. The van der Waals surface area contributed by atoms with Gasteiger partial charge < -0.3 is 10.8 Å². The minimum Gasteiger partial charge on any atom is -0.396 e. The van der Waals surface area contributed by atoms with E-state index in [-0.39, 0.29) is 18.4 Å². The van der Waals surface area contributed by atoms with Crippen molar-refractivity contribution < 1.29 is 9.90 Å². The molecule has 1 amide bonds. The highest BCUT2D eigenvalue weighted by atomic mass is 16.3. The standard InChI is InChI=1S/C21H41NO2/c1-2-3-4-5-6-7-8-9-10-11-12-13-14-15-17-20(21(22)24)18-16-19-23/h9-10,20,23H,2-8,11-19H2,1H3,(H2,22,24). The Hall–Kier alpha value is -0.830. The molecule has 3 N–H and O–H groups in total. The minimum atomic E-state index is -0.207. The zero-order valence-corrected chi connectivity index (χ0v) is 16.0. The molecule has 3 heteroatoms. The monoisotopic (exact) mass is 339 g/mol. The van der Waals surface area contributed by atoms with Crippen molar-refractivity contribution in [3.63, 3.8) is 0 Å². The summed E-state index contributed by atoms with van der Waals surface area (Å²) in [5.41, 5.74) is 5.40. The number of hydrogen-bond donors (Lipinski definition) is 2. The van der Waals surface area contributed by atoms with E-state index in [9.17, 15) is 4.79 Å².